The molecule has 3 heteroatoms. The van der Waals surface area contributed by atoms with E-state index in [1.807, 2.05) is 12.1 Å². The van der Waals surface area contributed by atoms with Crippen molar-refractivity contribution in [1.29, 1.82) is 0 Å². The van der Waals surface area contributed by atoms with E-state index in [2.05, 4.69) is 75.9 Å². The molecule has 1 aliphatic heterocycles. The zero-order valence-corrected chi connectivity index (χ0v) is 13.5. The molecule has 0 amide bonds. The number of nitrogens with zero attached hydrogens (tertiary/aromatic N) is 2. The molecule has 0 saturated carbocycles. The Morgan fingerprint density at radius 2 is 1.56 bits per heavy atom. The highest BCUT2D eigenvalue weighted by molar-refractivity contribution is 6.02. The summed E-state index contributed by atoms with van der Waals surface area (Å²) in [6, 6.07) is 27.4. The normalized spacial score (nSPS) is 12.6. The lowest BCUT2D eigenvalue weighted by Gasteiger charge is -2.01. The number of benzene rings is 3. The van der Waals surface area contributed by atoms with Crippen molar-refractivity contribution >= 4 is 22.2 Å². The number of fused-ring (bicyclic) bond motifs is 7. The van der Waals surface area contributed by atoms with Crippen LogP contribution in [0.4, 0.5) is 0 Å². The van der Waals surface area contributed by atoms with Gasteiger partial charge in [-0.2, -0.15) is 9.13 Å². The number of para-hydroxylation sites is 2. The van der Waals surface area contributed by atoms with Gasteiger partial charge in [-0.3, -0.25) is 0 Å². The minimum atomic E-state index is 0.849. The van der Waals surface area contributed by atoms with Gasteiger partial charge in [-0.1, -0.05) is 48.5 Å². The molecule has 0 N–H and O–H groups in total. The molecule has 3 nitrogen and oxygen atoms in total. The lowest BCUT2D eigenvalue weighted by atomic mass is 10.1. The minimum Gasteiger partial charge on any atom is -0.419 e. The Balaban J connectivity index is 1.84. The van der Waals surface area contributed by atoms with E-state index < -0.39 is 0 Å². The fraction of sp³-hybridized carbons (Fsp3) is 0.0455. The molecule has 2 aromatic heterocycles. The van der Waals surface area contributed by atoms with E-state index in [1.54, 1.807) is 0 Å². The quantitative estimate of drug-likeness (QED) is 0.402. The Kier molecular flexibility index (Phi) is 2.40. The smallest absolute Gasteiger partial charge is 0.340 e. The van der Waals surface area contributed by atoms with Gasteiger partial charge in [0.2, 0.25) is 5.52 Å². The summed E-state index contributed by atoms with van der Waals surface area (Å²) in [7, 11) is 0. The summed E-state index contributed by atoms with van der Waals surface area (Å²) < 4.78 is 10.9. The Hall–Kier alpha value is -3.33. The van der Waals surface area contributed by atoms with E-state index in [-0.39, 0.29) is 0 Å². The first-order chi connectivity index (χ1) is 12.4. The summed E-state index contributed by atoms with van der Waals surface area (Å²) in [5.41, 5.74) is 6.79. The number of hydrogen-bond acceptors (Lipinski definition) is 1. The summed E-state index contributed by atoms with van der Waals surface area (Å²) >= 11 is 0. The van der Waals surface area contributed by atoms with E-state index in [9.17, 15) is 0 Å². The van der Waals surface area contributed by atoms with Gasteiger partial charge in [-0.25, -0.2) is 0 Å². The maximum atomic E-state index is 6.27. The van der Waals surface area contributed by atoms with Crippen LogP contribution >= 0.6 is 0 Å². The van der Waals surface area contributed by atoms with Crippen molar-refractivity contribution in [3.8, 4) is 17.1 Å². The van der Waals surface area contributed by atoms with Gasteiger partial charge < -0.3 is 4.42 Å². The Morgan fingerprint density at radius 1 is 0.800 bits per heavy atom. The summed E-state index contributed by atoms with van der Waals surface area (Å²) in [4.78, 5) is 0. The van der Waals surface area contributed by atoms with Crippen molar-refractivity contribution in [2.24, 2.45) is 0 Å². The van der Waals surface area contributed by atoms with Crippen LogP contribution in [0.15, 0.2) is 83.3 Å². The zero-order chi connectivity index (χ0) is 16.4. The topological polar surface area (TPSA) is 21.9 Å². The Labute approximate surface area is 144 Å². The maximum Gasteiger partial charge on any atom is 0.340 e. The second kappa shape index (κ2) is 4.61. The molecule has 0 radical (unpaired) electrons. The number of furan rings is 1. The molecule has 0 fully saturated rings. The second-order valence-electron chi connectivity index (χ2n) is 6.49. The van der Waals surface area contributed by atoms with Gasteiger partial charge in [-0.15, -0.1) is 0 Å². The monoisotopic (exact) mass is 323 g/mol. The molecule has 1 aliphatic rings. The molecule has 0 bridgehead atoms. The van der Waals surface area contributed by atoms with Crippen molar-refractivity contribution in [3.63, 3.8) is 0 Å². The predicted octanol–water partition coefficient (Wildman–Crippen LogP) is 4.69. The van der Waals surface area contributed by atoms with Gasteiger partial charge in [0.15, 0.2) is 0 Å². The molecule has 0 saturated heterocycles. The Bertz CT molecular complexity index is 1260. The van der Waals surface area contributed by atoms with Crippen LogP contribution in [0.25, 0.3) is 39.3 Å². The highest BCUT2D eigenvalue weighted by Gasteiger charge is 2.37. The van der Waals surface area contributed by atoms with Crippen molar-refractivity contribution in [3.05, 3.63) is 84.4 Å². The average Bonchev–Trinajstić information content (AvgIpc) is 3.30. The van der Waals surface area contributed by atoms with Crippen LogP contribution < -0.4 is 4.57 Å². The maximum absolute atomic E-state index is 6.27. The van der Waals surface area contributed by atoms with E-state index in [1.165, 1.54) is 17.0 Å². The lowest BCUT2D eigenvalue weighted by molar-refractivity contribution is -0.652. The molecule has 25 heavy (non-hydrogen) atoms. The summed E-state index contributed by atoms with van der Waals surface area (Å²) in [6.45, 7) is 0.849. The van der Waals surface area contributed by atoms with Crippen LogP contribution in [0.2, 0.25) is 0 Å². The number of imidazole rings is 1. The third-order valence-corrected chi connectivity index (χ3v) is 5.09. The van der Waals surface area contributed by atoms with Gasteiger partial charge in [0.25, 0.3) is 5.82 Å². The molecule has 0 aliphatic carbocycles. The molecule has 3 heterocycles. The summed E-state index contributed by atoms with van der Waals surface area (Å²) in [5, 5.41) is 1.15. The van der Waals surface area contributed by atoms with Crippen molar-refractivity contribution in [1.82, 2.24) is 4.57 Å². The van der Waals surface area contributed by atoms with E-state index in [4.69, 9.17) is 4.42 Å². The fourth-order valence-corrected chi connectivity index (χ4v) is 4.03. The molecule has 0 atom stereocenters. The average molecular weight is 323 g/mol. The molecule has 0 spiro atoms. The molecular weight excluding hydrogens is 308 g/mol. The molecule has 118 valence electrons. The van der Waals surface area contributed by atoms with Gasteiger partial charge in [0, 0.05) is 5.56 Å². The zero-order valence-electron chi connectivity index (χ0n) is 13.5. The SMILES string of the molecule is c1ccc(-n2c3[n+](c4oc5ccccc5c42)Cc2ccccc2-3)cc1. The van der Waals surface area contributed by atoms with E-state index >= 15 is 0 Å². The largest absolute Gasteiger partial charge is 0.419 e. The van der Waals surface area contributed by atoms with Crippen molar-refractivity contribution in [2.45, 2.75) is 6.54 Å². The lowest BCUT2D eigenvalue weighted by Crippen LogP contribution is -2.31. The van der Waals surface area contributed by atoms with Crippen molar-refractivity contribution in [2.75, 3.05) is 0 Å². The standard InChI is InChI=1S/C22H15N2O/c1-2-9-16(10-3-1)24-20-18-12-6-7-13-19(18)25-22(20)23-14-15-8-4-5-11-17(15)21(23)24/h1-13H,14H2/q+1. The third kappa shape index (κ3) is 1.62. The first-order valence-corrected chi connectivity index (χ1v) is 8.51. The van der Waals surface area contributed by atoms with Crippen LogP contribution in [-0.2, 0) is 6.54 Å². The molecule has 6 rings (SSSR count). The molecule has 3 aromatic carbocycles. The van der Waals surface area contributed by atoms with E-state index in [0.29, 0.717) is 0 Å². The summed E-state index contributed by atoms with van der Waals surface area (Å²) in [5.74, 6) is 1.20. The van der Waals surface area contributed by atoms with Crippen molar-refractivity contribution < 1.29 is 8.98 Å². The fourth-order valence-electron chi connectivity index (χ4n) is 4.03. The van der Waals surface area contributed by atoms with Gasteiger partial charge in [-0.05, 0) is 30.3 Å². The number of hydrogen-bond donors (Lipinski definition) is 0. The minimum absolute atomic E-state index is 0.849. The van der Waals surface area contributed by atoms with Gasteiger partial charge in [0.05, 0.1) is 10.9 Å². The highest BCUT2D eigenvalue weighted by atomic mass is 16.3. The van der Waals surface area contributed by atoms with Crippen LogP contribution in [0.1, 0.15) is 5.56 Å². The van der Waals surface area contributed by atoms with Crippen LogP contribution in [-0.4, -0.2) is 4.57 Å². The number of aromatic nitrogens is 2. The molecular formula is C22H15N2O+. The van der Waals surface area contributed by atoms with Crippen LogP contribution in [0, 0.1) is 0 Å². The first kappa shape index (κ1) is 13.0. The third-order valence-electron chi connectivity index (χ3n) is 5.09. The van der Waals surface area contributed by atoms with Crippen LogP contribution in [0.5, 0.6) is 0 Å². The Morgan fingerprint density at radius 3 is 2.48 bits per heavy atom. The number of rotatable bonds is 1. The molecule has 5 aromatic rings. The molecule has 0 unspecified atom stereocenters. The van der Waals surface area contributed by atoms with Gasteiger partial charge in [0.1, 0.15) is 17.8 Å². The van der Waals surface area contributed by atoms with Crippen LogP contribution in [0.3, 0.4) is 0 Å². The van der Waals surface area contributed by atoms with Gasteiger partial charge >= 0.3 is 5.71 Å². The summed E-state index contributed by atoms with van der Waals surface area (Å²) in [6.07, 6.45) is 0. The predicted molar refractivity (Wildman–Crippen MR) is 97.8 cm³/mol. The second-order valence-corrected chi connectivity index (χ2v) is 6.49. The van der Waals surface area contributed by atoms with E-state index in [0.717, 1.165) is 34.4 Å². The highest BCUT2D eigenvalue weighted by Crippen LogP contribution is 2.37. The first-order valence-electron chi connectivity index (χ1n) is 8.51.